The highest BCUT2D eigenvalue weighted by molar-refractivity contribution is 5.74. The second-order valence-electron chi connectivity index (χ2n) is 3.42. The molecule has 0 fully saturated rings. The smallest absolute Gasteiger partial charge is 0.263 e. The number of nitrogens with one attached hydrogen (secondary N) is 1. The number of fused-ring (bicyclic) bond motifs is 1. The Hall–Kier alpha value is -2.24. The molecule has 82 valence electrons. The zero-order chi connectivity index (χ0) is 11.0. The third kappa shape index (κ3) is 1.35. The number of para-hydroxylation sites is 1. The summed E-state index contributed by atoms with van der Waals surface area (Å²) < 4.78 is 10.6. The standard InChI is InChI=1S/C10H10N4O2/c11-10-13-9(16-14-10)6-2-1-3-7-8(6)15-5-4-12-7/h1-3,12H,4-5H2,(H2,11,14). The van der Waals surface area contributed by atoms with Crippen LogP contribution in [0, 0.1) is 0 Å². The van der Waals surface area contributed by atoms with Gasteiger partial charge in [0.1, 0.15) is 6.61 Å². The lowest BCUT2D eigenvalue weighted by Crippen LogP contribution is -2.18. The van der Waals surface area contributed by atoms with E-state index in [2.05, 4.69) is 15.5 Å². The minimum Gasteiger partial charge on any atom is -0.489 e. The maximum Gasteiger partial charge on any atom is 0.263 e. The van der Waals surface area contributed by atoms with Crippen molar-refractivity contribution in [3.63, 3.8) is 0 Å². The van der Waals surface area contributed by atoms with Gasteiger partial charge in [-0.05, 0) is 17.3 Å². The summed E-state index contributed by atoms with van der Waals surface area (Å²) in [7, 11) is 0. The van der Waals surface area contributed by atoms with Gasteiger partial charge in [0.2, 0.25) is 0 Å². The van der Waals surface area contributed by atoms with Crippen LogP contribution in [0.3, 0.4) is 0 Å². The molecule has 0 radical (unpaired) electrons. The number of rotatable bonds is 1. The van der Waals surface area contributed by atoms with E-state index in [1.165, 1.54) is 0 Å². The van der Waals surface area contributed by atoms with E-state index in [0.29, 0.717) is 12.5 Å². The Morgan fingerprint density at radius 1 is 1.38 bits per heavy atom. The van der Waals surface area contributed by atoms with Gasteiger partial charge in [-0.15, -0.1) is 0 Å². The highest BCUT2D eigenvalue weighted by Gasteiger charge is 2.18. The number of anilines is 2. The molecule has 6 heteroatoms. The first-order valence-corrected chi connectivity index (χ1v) is 4.94. The average Bonchev–Trinajstić information content (AvgIpc) is 2.75. The summed E-state index contributed by atoms with van der Waals surface area (Å²) in [5.41, 5.74) is 7.11. The Labute approximate surface area is 91.4 Å². The van der Waals surface area contributed by atoms with E-state index in [-0.39, 0.29) is 5.95 Å². The second kappa shape index (κ2) is 3.41. The molecule has 0 atom stereocenters. The van der Waals surface area contributed by atoms with Crippen LogP contribution in [0.5, 0.6) is 5.75 Å². The predicted molar refractivity (Wildman–Crippen MR) is 58.1 cm³/mol. The van der Waals surface area contributed by atoms with Crippen LogP contribution >= 0.6 is 0 Å². The van der Waals surface area contributed by atoms with E-state index in [9.17, 15) is 0 Å². The first kappa shape index (κ1) is 9.02. The SMILES string of the molecule is Nc1noc(-c2cccc3c2OCCN3)n1. The van der Waals surface area contributed by atoms with Gasteiger partial charge in [-0.3, -0.25) is 0 Å². The molecule has 0 aliphatic carbocycles. The van der Waals surface area contributed by atoms with Crippen molar-refractivity contribution < 1.29 is 9.26 Å². The fraction of sp³-hybridized carbons (Fsp3) is 0.200. The van der Waals surface area contributed by atoms with Gasteiger partial charge >= 0.3 is 0 Å². The molecule has 0 bridgehead atoms. The van der Waals surface area contributed by atoms with Crippen LogP contribution in [0.4, 0.5) is 11.6 Å². The molecule has 16 heavy (non-hydrogen) atoms. The molecule has 3 N–H and O–H groups in total. The topological polar surface area (TPSA) is 86.2 Å². The fourth-order valence-corrected chi connectivity index (χ4v) is 1.68. The van der Waals surface area contributed by atoms with Crippen LogP contribution < -0.4 is 15.8 Å². The first-order chi connectivity index (χ1) is 7.84. The van der Waals surface area contributed by atoms with Crippen LogP contribution in [0.15, 0.2) is 22.7 Å². The van der Waals surface area contributed by atoms with E-state index < -0.39 is 0 Å². The van der Waals surface area contributed by atoms with E-state index in [4.69, 9.17) is 15.0 Å². The number of benzene rings is 1. The summed E-state index contributed by atoms with van der Waals surface area (Å²) in [6.45, 7) is 1.41. The summed E-state index contributed by atoms with van der Waals surface area (Å²) in [4.78, 5) is 3.98. The number of ether oxygens (including phenoxy) is 1. The van der Waals surface area contributed by atoms with Crippen molar-refractivity contribution in [2.75, 3.05) is 24.2 Å². The van der Waals surface area contributed by atoms with E-state index in [0.717, 1.165) is 23.5 Å². The predicted octanol–water partition coefficient (Wildman–Crippen LogP) is 1.12. The number of aromatic nitrogens is 2. The Morgan fingerprint density at radius 2 is 2.31 bits per heavy atom. The van der Waals surface area contributed by atoms with Gasteiger partial charge in [-0.25, -0.2) is 0 Å². The Balaban J connectivity index is 2.13. The second-order valence-corrected chi connectivity index (χ2v) is 3.42. The highest BCUT2D eigenvalue weighted by Crippen LogP contribution is 2.37. The maximum absolute atomic E-state index is 5.59. The number of nitrogens with zero attached hydrogens (tertiary/aromatic N) is 2. The van der Waals surface area contributed by atoms with Crippen molar-refractivity contribution in [3.05, 3.63) is 18.2 Å². The molecule has 0 amide bonds. The lowest BCUT2D eigenvalue weighted by Gasteiger charge is -2.20. The van der Waals surface area contributed by atoms with Crippen LogP contribution in [0.1, 0.15) is 0 Å². The van der Waals surface area contributed by atoms with Crippen LogP contribution in [0.2, 0.25) is 0 Å². The molecular weight excluding hydrogens is 208 g/mol. The monoisotopic (exact) mass is 218 g/mol. The number of hydrogen-bond acceptors (Lipinski definition) is 6. The summed E-state index contributed by atoms with van der Waals surface area (Å²) in [6, 6.07) is 5.70. The maximum atomic E-state index is 5.59. The first-order valence-electron chi connectivity index (χ1n) is 4.94. The summed E-state index contributed by atoms with van der Waals surface area (Å²) >= 11 is 0. The highest BCUT2D eigenvalue weighted by atomic mass is 16.5. The molecule has 6 nitrogen and oxygen atoms in total. The molecule has 0 saturated carbocycles. The normalized spacial score (nSPS) is 13.8. The summed E-state index contributed by atoms with van der Waals surface area (Å²) in [5, 5.41) is 6.79. The fourth-order valence-electron chi connectivity index (χ4n) is 1.68. The van der Waals surface area contributed by atoms with E-state index in [1.54, 1.807) is 0 Å². The van der Waals surface area contributed by atoms with Gasteiger partial charge in [0.25, 0.3) is 11.8 Å². The number of hydrogen-bond donors (Lipinski definition) is 2. The van der Waals surface area contributed by atoms with Gasteiger partial charge in [-0.1, -0.05) is 6.07 Å². The quantitative estimate of drug-likeness (QED) is 0.746. The average molecular weight is 218 g/mol. The lowest BCUT2D eigenvalue weighted by atomic mass is 10.1. The third-order valence-electron chi connectivity index (χ3n) is 2.35. The number of nitrogen functional groups attached to an aromatic ring is 1. The molecule has 1 aliphatic heterocycles. The largest absolute Gasteiger partial charge is 0.489 e. The lowest BCUT2D eigenvalue weighted by molar-refractivity contribution is 0.322. The molecule has 0 unspecified atom stereocenters. The molecule has 2 aromatic rings. The number of nitrogens with two attached hydrogens (primary N) is 1. The summed E-state index contributed by atoms with van der Waals surface area (Å²) in [6.07, 6.45) is 0. The molecule has 1 aromatic carbocycles. The van der Waals surface area contributed by atoms with Crippen LogP contribution in [0.25, 0.3) is 11.5 Å². The van der Waals surface area contributed by atoms with Crippen molar-refractivity contribution in [2.45, 2.75) is 0 Å². The molecule has 3 rings (SSSR count). The minimum atomic E-state index is 0.122. The minimum absolute atomic E-state index is 0.122. The van der Waals surface area contributed by atoms with Crippen molar-refractivity contribution >= 4 is 11.6 Å². The molecular formula is C10H10N4O2. The van der Waals surface area contributed by atoms with Gasteiger partial charge < -0.3 is 20.3 Å². The zero-order valence-electron chi connectivity index (χ0n) is 8.43. The van der Waals surface area contributed by atoms with Crippen molar-refractivity contribution in [2.24, 2.45) is 0 Å². The van der Waals surface area contributed by atoms with Gasteiger partial charge in [0, 0.05) is 6.54 Å². The van der Waals surface area contributed by atoms with Crippen LogP contribution in [-0.4, -0.2) is 23.3 Å². The van der Waals surface area contributed by atoms with Gasteiger partial charge in [0.15, 0.2) is 5.75 Å². The van der Waals surface area contributed by atoms with Crippen molar-refractivity contribution in [3.8, 4) is 17.2 Å². The van der Waals surface area contributed by atoms with E-state index >= 15 is 0 Å². The Kier molecular flexibility index (Phi) is 1.92. The molecule has 0 spiro atoms. The Morgan fingerprint density at radius 3 is 3.12 bits per heavy atom. The molecule has 1 aliphatic rings. The van der Waals surface area contributed by atoms with Crippen LogP contribution in [-0.2, 0) is 0 Å². The Bertz CT molecular complexity index is 523. The van der Waals surface area contributed by atoms with Crippen molar-refractivity contribution in [1.29, 1.82) is 0 Å². The third-order valence-corrected chi connectivity index (χ3v) is 2.35. The molecule has 1 aromatic heterocycles. The molecule has 2 heterocycles. The van der Waals surface area contributed by atoms with Gasteiger partial charge in [-0.2, -0.15) is 4.98 Å². The zero-order valence-corrected chi connectivity index (χ0v) is 8.43. The summed E-state index contributed by atoms with van der Waals surface area (Å²) in [5.74, 6) is 1.23. The van der Waals surface area contributed by atoms with Crippen molar-refractivity contribution in [1.82, 2.24) is 10.1 Å². The molecule has 0 saturated heterocycles. The van der Waals surface area contributed by atoms with E-state index in [1.807, 2.05) is 18.2 Å². The van der Waals surface area contributed by atoms with Gasteiger partial charge in [0.05, 0.1) is 11.3 Å².